The number of likely N-dealkylation sites (tertiary alicyclic amines) is 1. The second kappa shape index (κ2) is 27.9. The Balaban J connectivity index is 1.13. The fraction of sp³-hybridized carbons (Fsp3) is 0.844. The molecule has 6 amide bonds. The van der Waals surface area contributed by atoms with Gasteiger partial charge in [-0.15, -0.1) is 0 Å². The predicted molar refractivity (Wildman–Crippen MR) is 247 cm³/mol. The van der Waals surface area contributed by atoms with E-state index in [2.05, 4.69) is 37.2 Å². The van der Waals surface area contributed by atoms with Crippen molar-refractivity contribution < 1.29 is 87.9 Å². The van der Waals surface area contributed by atoms with Gasteiger partial charge < -0.3 is 91.1 Å². The fourth-order valence-electron chi connectivity index (χ4n) is 8.63. The zero-order chi connectivity index (χ0) is 52.9. The molecule has 4 aliphatic heterocycles. The van der Waals surface area contributed by atoms with Crippen LogP contribution in [0.2, 0.25) is 0 Å². The van der Waals surface area contributed by atoms with Crippen LogP contribution in [0.4, 0.5) is 0 Å². The Kier molecular flexibility index (Phi) is 23.4. The third kappa shape index (κ3) is 17.0. The van der Waals surface area contributed by atoms with Crippen LogP contribution in [0, 0.1) is 23.7 Å². The van der Waals surface area contributed by atoms with Crippen molar-refractivity contribution >= 4 is 41.2 Å². The van der Waals surface area contributed by atoms with Gasteiger partial charge in [0.2, 0.25) is 35.4 Å². The number of Topliss-reactive ketones (excluding diaryl/α,β-unsaturated/α-hetero) is 1. The molecule has 13 N–H and O–H groups in total. The number of hydrogen-bond donors (Lipinski definition) is 13. The van der Waals surface area contributed by atoms with Gasteiger partial charge in [-0.3, -0.25) is 38.9 Å². The van der Waals surface area contributed by atoms with Crippen LogP contribution in [0.1, 0.15) is 74.7 Å². The molecule has 0 aromatic rings. The quantitative estimate of drug-likeness (QED) is 0.0341. The number of amides is 6. The summed E-state index contributed by atoms with van der Waals surface area (Å²) in [5, 5.41) is 80.9. The Morgan fingerprint density at radius 1 is 0.761 bits per heavy atom. The number of ether oxygens (including phenoxy) is 5. The van der Waals surface area contributed by atoms with Gasteiger partial charge in [0.25, 0.3) is 0 Å². The van der Waals surface area contributed by atoms with Crippen molar-refractivity contribution in [1.29, 1.82) is 0 Å². The maximum Gasteiger partial charge on any atom is 0.243 e. The molecule has 0 spiro atoms. The maximum atomic E-state index is 13.3. The van der Waals surface area contributed by atoms with E-state index in [9.17, 15) is 64.2 Å². The molecular weight excluding hydrogens is 941 g/mol. The molecule has 26 heteroatoms. The molecule has 4 saturated heterocycles. The smallest absolute Gasteiger partial charge is 0.243 e. The molecule has 71 heavy (non-hydrogen) atoms. The van der Waals surface area contributed by atoms with Crippen LogP contribution in [-0.4, -0.2) is 221 Å². The van der Waals surface area contributed by atoms with E-state index in [0.29, 0.717) is 32.4 Å². The minimum Gasteiger partial charge on any atom is -0.394 e. The number of nitrogens with one attached hydrogen (secondary N) is 7. The van der Waals surface area contributed by atoms with Gasteiger partial charge in [-0.2, -0.15) is 0 Å². The Morgan fingerprint density at radius 3 is 2.03 bits per heavy atom. The Morgan fingerprint density at radius 2 is 1.41 bits per heavy atom. The summed E-state index contributed by atoms with van der Waals surface area (Å²) in [6, 6.07) is -3.48. The Hall–Kier alpha value is -4.03. The lowest BCUT2D eigenvalue weighted by Gasteiger charge is -2.52. The molecular formula is C45H78N8O18. The summed E-state index contributed by atoms with van der Waals surface area (Å²) in [7, 11) is 0. The van der Waals surface area contributed by atoms with E-state index in [-0.39, 0.29) is 36.7 Å². The highest BCUT2D eigenvalue weighted by Crippen LogP contribution is 2.37. The molecule has 4 aliphatic rings. The van der Waals surface area contributed by atoms with Crippen LogP contribution >= 0.6 is 0 Å². The number of carbonyl (C=O) groups is 7. The predicted octanol–water partition coefficient (Wildman–Crippen LogP) is -5.61. The van der Waals surface area contributed by atoms with E-state index < -0.39 is 160 Å². The first-order chi connectivity index (χ1) is 33.4. The third-order valence-electron chi connectivity index (χ3n) is 12.8. The van der Waals surface area contributed by atoms with Crippen LogP contribution in [0.5, 0.6) is 0 Å². The van der Waals surface area contributed by atoms with Gasteiger partial charge in [0.1, 0.15) is 54.9 Å². The second-order valence-electron chi connectivity index (χ2n) is 19.7. The molecule has 4 rings (SSSR count). The SMILES string of the molecule is CC(=O)C(CC(C)C)NC(=O)CNC(=O)C(NC(=O)CNC(=O)C(C)NC(=O)CNC(O)C1CCCN1C(=O)CNCC(C)COC1OC(CO)C(O)C(OC2OC3C(O)OC3C(O)C2O)C1C)C(C)C. The second-order valence-corrected chi connectivity index (χ2v) is 19.7. The Bertz CT molecular complexity index is 1800. The number of carbonyl (C=O) groups excluding carboxylic acids is 7. The number of nitrogens with zero attached hydrogens (tertiary/aromatic N) is 1. The molecule has 0 saturated carbocycles. The van der Waals surface area contributed by atoms with Gasteiger partial charge >= 0.3 is 0 Å². The highest BCUT2D eigenvalue weighted by Gasteiger charge is 2.57. The van der Waals surface area contributed by atoms with E-state index in [0.717, 1.165) is 0 Å². The number of hydrogen-bond acceptors (Lipinski definition) is 20. The lowest BCUT2D eigenvalue weighted by atomic mass is 9.91. The summed E-state index contributed by atoms with van der Waals surface area (Å²) in [5.74, 6) is -4.85. The number of fused-ring (bicyclic) bond motifs is 1. The molecule has 26 nitrogen and oxygen atoms in total. The topological polar surface area (TPSA) is 374 Å². The number of aliphatic hydroxyl groups is 6. The monoisotopic (exact) mass is 1020 g/mol. The summed E-state index contributed by atoms with van der Waals surface area (Å²) in [5.41, 5.74) is 0. The van der Waals surface area contributed by atoms with E-state index >= 15 is 0 Å². The molecule has 17 atom stereocenters. The van der Waals surface area contributed by atoms with Crippen molar-refractivity contribution in [2.75, 3.05) is 52.5 Å². The lowest BCUT2D eigenvalue weighted by molar-refractivity contribution is -0.422. The van der Waals surface area contributed by atoms with Crippen LogP contribution in [0.3, 0.4) is 0 Å². The van der Waals surface area contributed by atoms with E-state index in [1.54, 1.807) is 20.8 Å². The van der Waals surface area contributed by atoms with Gasteiger partial charge in [-0.05, 0) is 50.9 Å². The molecule has 17 unspecified atom stereocenters. The van der Waals surface area contributed by atoms with Crippen LogP contribution in [-0.2, 0) is 57.2 Å². The highest BCUT2D eigenvalue weighted by atomic mass is 16.8. The zero-order valence-corrected chi connectivity index (χ0v) is 41.8. The van der Waals surface area contributed by atoms with Crippen molar-refractivity contribution in [3.8, 4) is 0 Å². The van der Waals surface area contributed by atoms with Crippen molar-refractivity contribution in [2.24, 2.45) is 23.7 Å². The van der Waals surface area contributed by atoms with E-state index in [1.807, 2.05) is 20.8 Å². The number of ketones is 1. The van der Waals surface area contributed by atoms with Crippen LogP contribution < -0.4 is 37.2 Å². The maximum absolute atomic E-state index is 13.3. The fourth-order valence-corrected chi connectivity index (χ4v) is 8.63. The van der Waals surface area contributed by atoms with Crippen molar-refractivity contribution in [3.05, 3.63) is 0 Å². The Labute approximate surface area is 413 Å². The van der Waals surface area contributed by atoms with Crippen molar-refractivity contribution in [2.45, 2.75) is 167 Å². The zero-order valence-electron chi connectivity index (χ0n) is 41.8. The first-order valence-electron chi connectivity index (χ1n) is 24.4. The molecule has 406 valence electrons. The largest absolute Gasteiger partial charge is 0.394 e. The summed E-state index contributed by atoms with van der Waals surface area (Å²) in [4.78, 5) is 90.2. The highest BCUT2D eigenvalue weighted by molar-refractivity contribution is 5.94. The molecule has 0 radical (unpaired) electrons. The van der Waals surface area contributed by atoms with Gasteiger partial charge in [0, 0.05) is 19.0 Å². The van der Waals surface area contributed by atoms with Crippen molar-refractivity contribution in [3.63, 3.8) is 0 Å². The summed E-state index contributed by atoms with van der Waals surface area (Å²) < 4.78 is 28.4. The van der Waals surface area contributed by atoms with Crippen molar-refractivity contribution in [1.82, 2.24) is 42.1 Å². The molecule has 4 heterocycles. The number of rotatable bonds is 27. The summed E-state index contributed by atoms with van der Waals surface area (Å²) in [6.07, 6.45) is -11.9. The standard InChI is InChI=1S/C45H78N8O18/c1-20(2)12-26(25(8)55)51-30(57)15-49-42(65)33(21(3)4)52-31(58)16-47-40(63)24(7)50-29(56)14-48-41(64)27-10-9-11-53(27)32(59)17-46-13-22(5)19-67-44-23(6)37(34(60)28(18-54)68-44)70-45-36(62)35(61)38-39(71-45)43(66)69-38/h20-24,26-28,33-39,41,43-46,48,54,60-62,64,66H,9-19H2,1-8H3,(H,47,63)(H,49,65)(H,50,56)(H,51,57)(H,52,58). The average molecular weight is 1020 g/mol. The average Bonchev–Trinajstić information content (AvgIpc) is 3.81. The lowest BCUT2D eigenvalue weighted by Crippen LogP contribution is -2.70. The van der Waals surface area contributed by atoms with Crippen LogP contribution in [0.25, 0.3) is 0 Å². The van der Waals surface area contributed by atoms with Crippen LogP contribution in [0.15, 0.2) is 0 Å². The van der Waals surface area contributed by atoms with Gasteiger partial charge in [-0.1, -0.05) is 41.5 Å². The molecule has 0 bridgehead atoms. The molecule has 0 aromatic heterocycles. The van der Waals surface area contributed by atoms with E-state index in [4.69, 9.17) is 23.7 Å². The minimum atomic E-state index is -1.56. The first-order valence-corrected chi connectivity index (χ1v) is 24.4. The summed E-state index contributed by atoms with van der Waals surface area (Å²) >= 11 is 0. The number of aliphatic hydroxyl groups excluding tert-OH is 6. The van der Waals surface area contributed by atoms with E-state index in [1.165, 1.54) is 18.7 Å². The van der Waals surface area contributed by atoms with Gasteiger partial charge in [0.15, 0.2) is 24.7 Å². The summed E-state index contributed by atoms with van der Waals surface area (Å²) in [6.45, 7) is 12.3. The third-order valence-corrected chi connectivity index (χ3v) is 12.8. The minimum absolute atomic E-state index is 0.0763. The molecule has 4 fully saturated rings. The molecule has 0 aromatic carbocycles. The first kappa shape index (κ1) is 59.5. The van der Waals surface area contributed by atoms with Gasteiger partial charge in [-0.25, -0.2) is 0 Å². The molecule has 0 aliphatic carbocycles. The van der Waals surface area contributed by atoms with Gasteiger partial charge in [0.05, 0.1) is 57.6 Å². The normalized spacial score (nSPS) is 30.5.